The van der Waals surface area contributed by atoms with E-state index in [4.69, 9.17) is 5.10 Å². The molecule has 42 heavy (non-hydrogen) atoms. The Balaban J connectivity index is 1.49. The maximum atomic E-state index is 15.0. The molecule has 0 fully saturated rings. The second kappa shape index (κ2) is 11.1. The Hall–Kier alpha value is -5.06. The van der Waals surface area contributed by atoms with E-state index in [1.54, 1.807) is 34.8 Å². The highest BCUT2D eigenvalue weighted by molar-refractivity contribution is 6.02. The molecular weight excluding hydrogens is 535 g/mol. The number of halogens is 1. The number of nitrogens with zero attached hydrogens (tertiary/aromatic N) is 5. The SMILES string of the molecule is CNc1ncc2cc(-c3ccc(F)c(NC(=O)Nc4cn(C(C)(C)C)nc4-c4ccccc4)c3)c(=O)n(C(C)C)c2n1. The van der Waals surface area contributed by atoms with Crippen molar-refractivity contribution >= 4 is 34.4 Å². The van der Waals surface area contributed by atoms with Gasteiger partial charge >= 0.3 is 6.03 Å². The summed E-state index contributed by atoms with van der Waals surface area (Å²) >= 11 is 0. The van der Waals surface area contributed by atoms with Crippen LogP contribution in [0.1, 0.15) is 40.7 Å². The smallest absolute Gasteiger partial charge is 0.323 e. The Morgan fingerprint density at radius 3 is 2.36 bits per heavy atom. The van der Waals surface area contributed by atoms with Crippen molar-refractivity contribution in [3.63, 3.8) is 0 Å². The summed E-state index contributed by atoms with van der Waals surface area (Å²) in [6.45, 7) is 9.79. The van der Waals surface area contributed by atoms with E-state index in [1.165, 1.54) is 18.2 Å². The number of pyridine rings is 1. The van der Waals surface area contributed by atoms with Crippen LogP contribution in [0.4, 0.5) is 26.5 Å². The van der Waals surface area contributed by atoms with Gasteiger partial charge in [-0.25, -0.2) is 14.2 Å². The van der Waals surface area contributed by atoms with Crippen LogP contribution in [0.2, 0.25) is 0 Å². The molecule has 3 aromatic heterocycles. The molecule has 5 rings (SSSR count). The minimum Gasteiger partial charge on any atom is -0.357 e. The fourth-order valence-electron chi connectivity index (χ4n) is 4.61. The maximum Gasteiger partial charge on any atom is 0.323 e. The number of carbonyl (C=O) groups is 1. The largest absolute Gasteiger partial charge is 0.357 e. The number of benzene rings is 2. The number of anilines is 3. The summed E-state index contributed by atoms with van der Waals surface area (Å²) in [6.07, 6.45) is 3.38. The summed E-state index contributed by atoms with van der Waals surface area (Å²) in [5.74, 6) is -0.249. The summed E-state index contributed by atoms with van der Waals surface area (Å²) in [5.41, 5.74) is 2.45. The molecule has 10 nitrogen and oxygen atoms in total. The lowest BCUT2D eigenvalue weighted by molar-refractivity contribution is 0.262. The van der Waals surface area contributed by atoms with Crippen molar-refractivity contribution in [1.82, 2.24) is 24.3 Å². The number of fused-ring (bicyclic) bond motifs is 1. The topological polar surface area (TPSA) is 119 Å². The third kappa shape index (κ3) is 5.58. The molecule has 0 aliphatic carbocycles. The van der Waals surface area contributed by atoms with E-state index in [1.807, 2.05) is 65.0 Å². The van der Waals surface area contributed by atoms with Gasteiger partial charge in [-0.15, -0.1) is 0 Å². The standard InChI is InChI=1S/C31H33FN8O2/c1-18(2)40-27-21(16-34-29(33-6)37-27)14-22(28(40)41)20-12-13-23(32)24(15-20)35-30(42)36-25-17-39(31(3,4)5)38-26(25)19-10-8-7-9-11-19/h7-18H,1-6H3,(H,33,34,37)(H2,35,36,42). The summed E-state index contributed by atoms with van der Waals surface area (Å²) in [7, 11) is 1.70. The number of urea groups is 1. The number of amides is 2. The van der Waals surface area contributed by atoms with Crippen LogP contribution < -0.4 is 21.5 Å². The zero-order chi connectivity index (χ0) is 30.2. The van der Waals surface area contributed by atoms with Crippen LogP contribution in [-0.4, -0.2) is 37.4 Å². The third-order valence-corrected chi connectivity index (χ3v) is 6.74. The van der Waals surface area contributed by atoms with Crippen molar-refractivity contribution in [3.8, 4) is 22.4 Å². The van der Waals surface area contributed by atoms with Crippen LogP contribution in [-0.2, 0) is 5.54 Å². The van der Waals surface area contributed by atoms with E-state index in [9.17, 15) is 14.0 Å². The van der Waals surface area contributed by atoms with Gasteiger partial charge in [-0.05, 0) is 58.4 Å². The van der Waals surface area contributed by atoms with E-state index < -0.39 is 11.8 Å². The molecule has 3 heterocycles. The first-order valence-corrected chi connectivity index (χ1v) is 13.6. The highest BCUT2D eigenvalue weighted by Gasteiger charge is 2.21. The lowest BCUT2D eigenvalue weighted by Gasteiger charge is -2.18. The number of hydrogen-bond acceptors (Lipinski definition) is 6. The average Bonchev–Trinajstić information content (AvgIpc) is 3.38. The number of hydrogen-bond donors (Lipinski definition) is 3. The van der Waals surface area contributed by atoms with Crippen molar-refractivity contribution in [2.24, 2.45) is 0 Å². The molecule has 0 spiro atoms. The van der Waals surface area contributed by atoms with Gasteiger partial charge in [0, 0.05) is 42.0 Å². The quantitative estimate of drug-likeness (QED) is 0.216. The van der Waals surface area contributed by atoms with Gasteiger partial charge in [0.15, 0.2) is 0 Å². The van der Waals surface area contributed by atoms with Gasteiger partial charge in [0.05, 0.1) is 16.9 Å². The molecular formula is C31H33FN8O2. The Kier molecular flexibility index (Phi) is 7.51. The monoisotopic (exact) mass is 568 g/mol. The van der Waals surface area contributed by atoms with E-state index in [0.717, 1.165) is 5.56 Å². The molecule has 216 valence electrons. The number of nitrogens with one attached hydrogen (secondary N) is 3. The zero-order valence-corrected chi connectivity index (χ0v) is 24.4. The van der Waals surface area contributed by atoms with E-state index in [2.05, 4.69) is 25.9 Å². The van der Waals surface area contributed by atoms with E-state index in [-0.39, 0.29) is 22.8 Å². The van der Waals surface area contributed by atoms with Crippen molar-refractivity contribution in [2.75, 3.05) is 23.0 Å². The Morgan fingerprint density at radius 2 is 1.69 bits per heavy atom. The predicted molar refractivity (Wildman–Crippen MR) is 164 cm³/mol. The van der Waals surface area contributed by atoms with Crippen molar-refractivity contribution in [2.45, 2.75) is 46.2 Å². The molecule has 3 N–H and O–H groups in total. The number of carbonyl (C=O) groups excluding carboxylic acids is 1. The molecule has 0 aliphatic heterocycles. The van der Waals surface area contributed by atoms with E-state index >= 15 is 0 Å². The predicted octanol–water partition coefficient (Wildman–Crippen LogP) is 6.48. The Bertz CT molecular complexity index is 1840. The van der Waals surface area contributed by atoms with Gasteiger partial charge in [0.25, 0.3) is 5.56 Å². The van der Waals surface area contributed by atoms with Crippen LogP contribution in [0.3, 0.4) is 0 Å². The third-order valence-electron chi connectivity index (χ3n) is 6.74. The van der Waals surface area contributed by atoms with Crippen LogP contribution in [0, 0.1) is 5.82 Å². The molecule has 5 aromatic rings. The summed E-state index contributed by atoms with van der Waals surface area (Å²) in [4.78, 5) is 35.5. The van der Waals surface area contributed by atoms with Gasteiger partial charge in [-0.2, -0.15) is 10.1 Å². The van der Waals surface area contributed by atoms with Crippen LogP contribution in [0.25, 0.3) is 33.4 Å². The first kappa shape index (κ1) is 28.5. The molecule has 0 saturated carbocycles. The molecule has 0 unspecified atom stereocenters. The fraction of sp³-hybridized carbons (Fsp3) is 0.258. The molecule has 2 aromatic carbocycles. The number of aromatic nitrogens is 5. The molecule has 0 saturated heterocycles. The minimum atomic E-state index is -0.650. The second-order valence-corrected chi connectivity index (χ2v) is 11.2. The Morgan fingerprint density at radius 1 is 0.976 bits per heavy atom. The van der Waals surface area contributed by atoms with Crippen molar-refractivity contribution in [3.05, 3.63) is 83.2 Å². The normalized spacial score (nSPS) is 11.6. The second-order valence-electron chi connectivity index (χ2n) is 11.2. The van der Waals surface area contributed by atoms with Crippen molar-refractivity contribution in [1.29, 1.82) is 0 Å². The van der Waals surface area contributed by atoms with Crippen molar-refractivity contribution < 1.29 is 9.18 Å². The zero-order valence-electron chi connectivity index (χ0n) is 24.4. The molecule has 0 bridgehead atoms. The summed E-state index contributed by atoms with van der Waals surface area (Å²) in [5, 5.41) is 13.7. The maximum absolute atomic E-state index is 15.0. The van der Waals surface area contributed by atoms with Crippen LogP contribution >= 0.6 is 0 Å². The molecule has 0 aliphatic rings. The highest BCUT2D eigenvalue weighted by Crippen LogP contribution is 2.30. The lowest BCUT2D eigenvalue weighted by atomic mass is 10.0. The first-order chi connectivity index (χ1) is 20.0. The first-order valence-electron chi connectivity index (χ1n) is 13.6. The Labute approximate surface area is 242 Å². The van der Waals surface area contributed by atoms with Gasteiger partial charge in [0.1, 0.15) is 17.2 Å². The fourth-order valence-corrected chi connectivity index (χ4v) is 4.61. The molecule has 0 atom stereocenters. The minimum absolute atomic E-state index is 0.0770. The summed E-state index contributed by atoms with van der Waals surface area (Å²) < 4.78 is 18.3. The van der Waals surface area contributed by atoms with Gasteiger partial charge in [-0.1, -0.05) is 36.4 Å². The average molecular weight is 569 g/mol. The van der Waals surface area contributed by atoms with Crippen LogP contribution in [0.5, 0.6) is 0 Å². The van der Waals surface area contributed by atoms with Gasteiger partial charge in [0.2, 0.25) is 5.95 Å². The lowest BCUT2D eigenvalue weighted by Crippen LogP contribution is -2.25. The van der Waals surface area contributed by atoms with Gasteiger partial charge in [-0.3, -0.25) is 14.0 Å². The van der Waals surface area contributed by atoms with Crippen LogP contribution in [0.15, 0.2) is 71.8 Å². The summed E-state index contributed by atoms with van der Waals surface area (Å²) in [6, 6.07) is 14.5. The molecule has 2 amide bonds. The molecule has 0 radical (unpaired) electrons. The van der Waals surface area contributed by atoms with E-state index in [0.29, 0.717) is 39.5 Å². The number of rotatable bonds is 6. The molecule has 11 heteroatoms. The van der Waals surface area contributed by atoms with Gasteiger partial charge < -0.3 is 16.0 Å². The highest BCUT2D eigenvalue weighted by atomic mass is 19.1.